The van der Waals surface area contributed by atoms with Gasteiger partial charge < -0.3 is 10.6 Å². The van der Waals surface area contributed by atoms with Gasteiger partial charge in [-0.1, -0.05) is 43.1 Å². The van der Waals surface area contributed by atoms with Crippen LogP contribution in [0.1, 0.15) is 38.2 Å². The summed E-state index contributed by atoms with van der Waals surface area (Å²) in [7, 11) is 1.09. The van der Waals surface area contributed by atoms with Crippen LogP contribution in [0.15, 0.2) is 29.3 Å². The van der Waals surface area contributed by atoms with Gasteiger partial charge in [-0.2, -0.15) is 0 Å². The van der Waals surface area contributed by atoms with Crippen molar-refractivity contribution in [1.82, 2.24) is 10.6 Å². The molecule has 0 amide bonds. The van der Waals surface area contributed by atoms with Crippen LogP contribution >= 0.6 is 35.6 Å². The number of hydrogen-bond donors (Lipinski definition) is 2. The van der Waals surface area contributed by atoms with Crippen LogP contribution in [0.4, 0.5) is 0 Å². The van der Waals surface area contributed by atoms with Crippen molar-refractivity contribution in [2.45, 2.75) is 50.3 Å². The van der Waals surface area contributed by atoms with E-state index in [1.807, 2.05) is 31.2 Å². The smallest absolute Gasteiger partial charge is 0.191 e. The van der Waals surface area contributed by atoms with Crippen molar-refractivity contribution in [3.8, 4) is 0 Å². The molecule has 0 bridgehead atoms. The topological polar surface area (TPSA) is 53.5 Å². The molecule has 3 unspecified atom stereocenters. The van der Waals surface area contributed by atoms with Crippen LogP contribution in [0.3, 0.4) is 0 Å². The Labute approximate surface area is 176 Å². The Morgan fingerprint density at radius 2 is 2.12 bits per heavy atom. The Hall–Kier alpha value is -0.340. The third-order valence-electron chi connectivity index (χ3n) is 4.49. The fourth-order valence-corrected chi connectivity index (χ4v) is 4.73. The lowest BCUT2D eigenvalue weighted by Crippen LogP contribution is -2.47. The first-order chi connectivity index (χ1) is 11.6. The maximum Gasteiger partial charge on any atom is 0.191 e. The predicted octanol–water partition coefficient (Wildman–Crippen LogP) is 3.75. The quantitative estimate of drug-likeness (QED) is 0.358. The number of nitrogens with one attached hydrogen (secondary N) is 2. The largest absolute Gasteiger partial charge is 0.356 e. The maximum atomic E-state index is 12.1. The van der Waals surface area contributed by atoms with E-state index in [2.05, 4.69) is 15.6 Å². The lowest BCUT2D eigenvalue weighted by atomic mass is 9.95. The lowest BCUT2D eigenvalue weighted by molar-refractivity contribution is 0.413. The minimum Gasteiger partial charge on any atom is -0.356 e. The first kappa shape index (κ1) is 22.7. The molecule has 1 aromatic rings. The van der Waals surface area contributed by atoms with E-state index in [1.165, 1.54) is 0 Å². The molecule has 1 aliphatic carbocycles. The van der Waals surface area contributed by atoms with Crippen LogP contribution in [0, 0.1) is 0 Å². The van der Waals surface area contributed by atoms with E-state index in [0.29, 0.717) is 11.3 Å². The van der Waals surface area contributed by atoms with E-state index in [0.717, 1.165) is 60.9 Å². The molecule has 1 aliphatic rings. The van der Waals surface area contributed by atoms with Gasteiger partial charge in [0, 0.05) is 46.5 Å². The average Bonchev–Trinajstić information content (AvgIpc) is 2.62. The highest BCUT2D eigenvalue weighted by molar-refractivity contribution is 14.0. The lowest BCUT2D eigenvalue weighted by Gasteiger charge is -2.30. The molecule has 1 fully saturated rings. The number of nitrogens with zero attached hydrogens (tertiary/aromatic N) is 1. The van der Waals surface area contributed by atoms with Gasteiger partial charge in [0.15, 0.2) is 5.96 Å². The predicted molar refractivity (Wildman–Crippen MR) is 120 cm³/mol. The SMILES string of the molecule is CCS(=O)C1CCCC(NC(=NC)NCCc2ccccc2Cl)C1.I. The van der Waals surface area contributed by atoms with Gasteiger partial charge in [0.2, 0.25) is 0 Å². The first-order valence-electron chi connectivity index (χ1n) is 8.71. The summed E-state index contributed by atoms with van der Waals surface area (Å²) in [5, 5.41) is 7.97. The molecular formula is C18H29ClIN3OS. The molecule has 25 heavy (non-hydrogen) atoms. The molecule has 1 saturated carbocycles. The zero-order chi connectivity index (χ0) is 17.4. The van der Waals surface area contributed by atoms with Crippen LogP contribution in [-0.2, 0) is 17.2 Å². The van der Waals surface area contributed by atoms with Crippen LogP contribution in [0.25, 0.3) is 0 Å². The molecule has 0 radical (unpaired) electrons. The third kappa shape index (κ3) is 7.43. The molecule has 7 heteroatoms. The standard InChI is InChI=1S/C18H28ClN3OS.HI/c1-3-24(23)16-9-6-8-15(13-16)22-18(20-2)21-12-11-14-7-4-5-10-17(14)19;/h4-5,7,10,15-16H,3,6,8-9,11-13H2,1-2H3,(H2,20,21,22);1H. The van der Waals surface area contributed by atoms with Crippen molar-refractivity contribution >= 4 is 52.3 Å². The van der Waals surface area contributed by atoms with Crippen molar-refractivity contribution in [2.75, 3.05) is 19.3 Å². The number of benzene rings is 1. The summed E-state index contributed by atoms with van der Waals surface area (Å²) < 4.78 is 12.1. The molecule has 4 nitrogen and oxygen atoms in total. The Bertz CT molecular complexity index is 585. The Morgan fingerprint density at radius 3 is 2.80 bits per heavy atom. The molecule has 0 heterocycles. The monoisotopic (exact) mass is 497 g/mol. The van der Waals surface area contributed by atoms with E-state index in [1.54, 1.807) is 7.05 Å². The van der Waals surface area contributed by atoms with Gasteiger partial charge >= 0.3 is 0 Å². The van der Waals surface area contributed by atoms with Gasteiger partial charge in [0.05, 0.1) is 0 Å². The normalized spacial score (nSPS) is 22.0. The van der Waals surface area contributed by atoms with Crippen molar-refractivity contribution in [1.29, 1.82) is 0 Å². The van der Waals surface area contributed by atoms with Gasteiger partial charge in [-0.25, -0.2) is 0 Å². The van der Waals surface area contributed by atoms with Crippen molar-refractivity contribution in [3.05, 3.63) is 34.9 Å². The Kier molecular flexibility index (Phi) is 11.0. The summed E-state index contributed by atoms with van der Waals surface area (Å²) in [6.07, 6.45) is 5.14. The molecule has 0 saturated heterocycles. The highest BCUT2D eigenvalue weighted by atomic mass is 127. The Morgan fingerprint density at radius 1 is 1.36 bits per heavy atom. The van der Waals surface area contributed by atoms with Crippen molar-refractivity contribution in [2.24, 2.45) is 4.99 Å². The zero-order valence-corrected chi connectivity index (χ0v) is 18.9. The molecule has 0 spiro atoms. The van der Waals surface area contributed by atoms with E-state index in [9.17, 15) is 4.21 Å². The highest BCUT2D eigenvalue weighted by Gasteiger charge is 2.25. The minimum absolute atomic E-state index is 0. The number of halogens is 2. The number of aliphatic imine (C=N–C) groups is 1. The van der Waals surface area contributed by atoms with Crippen LogP contribution in [0.2, 0.25) is 5.02 Å². The fourth-order valence-electron chi connectivity index (χ4n) is 3.16. The molecule has 3 atom stereocenters. The second kappa shape index (κ2) is 12.1. The number of guanidine groups is 1. The van der Waals surface area contributed by atoms with Crippen LogP contribution in [0.5, 0.6) is 0 Å². The molecular weight excluding hydrogens is 469 g/mol. The number of hydrogen-bond acceptors (Lipinski definition) is 2. The van der Waals surface area contributed by atoms with E-state index in [4.69, 9.17) is 11.6 Å². The fraction of sp³-hybridized carbons (Fsp3) is 0.611. The van der Waals surface area contributed by atoms with Gasteiger partial charge in [0.25, 0.3) is 0 Å². The molecule has 2 N–H and O–H groups in total. The third-order valence-corrected chi connectivity index (χ3v) is 6.60. The average molecular weight is 498 g/mol. The maximum absolute atomic E-state index is 12.1. The molecule has 142 valence electrons. The summed E-state index contributed by atoms with van der Waals surface area (Å²) >= 11 is 6.19. The van der Waals surface area contributed by atoms with Crippen molar-refractivity contribution < 1.29 is 4.21 Å². The number of rotatable bonds is 6. The van der Waals surface area contributed by atoms with E-state index < -0.39 is 10.8 Å². The van der Waals surface area contributed by atoms with E-state index >= 15 is 0 Å². The van der Waals surface area contributed by atoms with Crippen LogP contribution in [-0.4, -0.2) is 40.8 Å². The summed E-state index contributed by atoms with van der Waals surface area (Å²) in [6.45, 7) is 2.78. The molecule has 0 aromatic heterocycles. The van der Waals surface area contributed by atoms with Crippen LogP contribution < -0.4 is 10.6 Å². The summed E-state index contributed by atoms with van der Waals surface area (Å²) in [5.74, 6) is 1.57. The second-order valence-corrected chi connectivity index (χ2v) is 8.55. The second-order valence-electron chi connectivity index (χ2n) is 6.14. The summed E-state index contributed by atoms with van der Waals surface area (Å²) in [4.78, 5) is 4.31. The van der Waals surface area contributed by atoms with Gasteiger partial charge in [-0.3, -0.25) is 9.20 Å². The van der Waals surface area contributed by atoms with Gasteiger partial charge in [0.1, 0.15) is 0 Å². The highest BCUT2D eigenvalue weighted by Crippen LogP contribution is 2.23. The van der Waals surface area contributed by atoms with Crippen molar-refractivity contribution in [3.63, 3.8) is 0 Å². The minimum atomic E-state index is -0.699. The molecule has 1 aromatic carbocycles. The van der Waals surface area contributed by atoms with Gasteiger partial charge in [-0.15, -0.1) is 24.0 Å². The van der Waals surface area contributed by atoms with Gasteiger partial charge in [-0.05, 0) is 37.3 Å². The summed E-state index contributed by atoms with van der Waals surface area (Å²) in [6, 6.07) is 8.27. The summed E-state index contributed by atoms with van der Waals surface area (Å²) in [5.41, 5.74) is 1.14. The molecule has 0 aliphatic heterocycles. The first-order valence-corrected chi connectivity index (χ1v) is 10.5. The zero-order valence-electron chi connectivity index (χ0n) is 15.0. The van der Waals surface area contributed by atoms with E-state index in [-0.39, 0.29) is 24.0 Å². The Balaban J connectivity index is 0.00000312. The molecule has 2 rings (SSSR count).